The fourth-order valence-corrected chi connectivity index (χ4v) is 1.99. The van der Waals surface area contributed by atoms with Crippen molar-refractivity contribution in [3.63, 3.8) is 0 Å². The van der Waals surface area contributed by atoms with Gasteiger partial charge in [-0.15, -0.1) is 11.3 Å². The number of aromatic nitrogens is 3. The zero-order chi connectivity index (χ0) is 12.4. The average molecular weight is 251 g/mol. The van der Waals surface area contributed by atoms with Gasteiger partial charge < -0.3 is 11.1 Å². The molecule has 0 saturated heterocycles. The molecule has 2 aromatic heterocycles. The predicted molar refractivity (Wildman–Crippen MR) is 66.9 cm³/mol. The van der Waals surface area contributed by atoms with Gasteiger partial charge in [-0.05, 0) is 13.8 Å². The fraction of sp³-hybridized carbons (Fsp3) is 0.300. The molecule has 0 unspecified atom stereocenters. The van der Waals surface area contributed by atoms with E-state index in [0.29, 0.717) is 10.8 Å². The van der Waals surface area contributed by atoms with Gasteiger partial charge in [0.2, 0.25) is 5.91 Å². The van der Waals surface area contributed by atoms with Crippen LogP contribution in [0.3, 0.4) is 0 Å². The number of nitrogens with two attached hydrogens (primary N) is 1. The molecule has 6 nitrogen and oxygen atoms in total. The largest absolute Gasteiger partial charge is 0.396 e. The summed E-state index contributed by atoms with van der Waals surface area (Å²) in [6.07, 6.45) is 1.64. The molecule has 0 aliphatic rings. The van der Waals surface area contributed by atoms with Gasteiger partial charge in [0.25, 0.3) is 0 Å². The number of aryl methyl sites for hydroxylation is 1. The summed E-state index contributed by atoms with van der Waals surface area (Å²) in [5.74, 6) is -0.162. The van der Waals surface area contributed by atoms with Crippen molar-refractivity contribution in [2.45, 2.75) is 20.4 Å². The maximum absolute atomic E-state index is 11.7. The third-order valence-corrected chi connectivity index (χ3v) is 3.10. The maximum Gasteiger partial charge on any atom is 0.247 e. The van der Waals surface area contributed by atoms with Gasteiger partial charge in [0.15, 0.2) is 5.13 Å². The van der Waals surface area contributed by atoms with E-state index in [0.717, 1.165) is 11.4 Å². The topological polar surface area (TPSA) is 85.8 Å². The second-order valence-corrected chi connectivity index (χ2v) is 4.52. The molecule has 0 spiro atoms. The Hall–Kier alpha value is -1.89. The van der Waals surface area contributed by atoms with Crippen LogP contribution in [0.2, 0.25) is 0 Å². The third-order valence-electron chi connectivity index (χ3n) is 2.41. The summed E-state index contributed by atoms with van der Waals surface area (Å²) < 4.78 is 1.59. The minimum atomic E-state index is -0.162. The quantitative estimate of drug-likeness (QED) is 0.857. The molecule has 0 aliphatic heterocycles. The first kappa shape index (κ1) is 11.6. The molecule has 2 aromatic rings. The number of carbonyl (C=O) groups is 1. The van der Waals surface area contributed by atoms with Crippen LogP contribution in [0.5, 0.6) is 0 Å². The molecule has 0 aliphatic carbocycles. The number of hydrogen-bond donors (Lipinski definition) is 2. The summed E-state index contributed by atoms with van der Waals surface area (Å²) in [5, 5.41) is 9.28. The summed E-state index contributed by atoms with van der Waals surface area (Å²) in [6.45, 7) is 3.80. The Morgan fingerprint density at radius 1 is 1.59 bits per heavy atom. The molecular weight excluding hydrogens is 238 g/mol. The number of nitrogens with zero attached hydrogens (tertiary/aromatic N) is 3. The van der Waals surface area contributed by atoms with Crippen molar-refractivity contribution in [3.8, 4) is 0 Å². The predicted octanol–water partition coefficient (Wildman–Crippen LogP) is 1.18. The number of carbonyl (C=O) groups excluding carboxylic acids is 1. The molecule has 1 amide bonds. The number of amides is 1. The number of thiazole rings is 1. The fourth-order valence-electron chi connectivity index (χ4n) is 1.44. The van der Waals surface area contributed by atoms with E-state index in [1.54, 1.807) is 16.3 Å². The van der Waals surface area contributed by atoms with Crippen molar-refractivity contribution in [2.24, 2.45) is 0 Å². The molecule has 7 heteroatoms. The molecule has 3 N–H and O–H groups in total. The van der Waals surface area contributed by atoms with Gasteiger partial charge in [-0.3, -0.25) is 9.48 Å². The van der Waals surface area contributed by atoms with E-state index in [4.69, 9.17) is 5.73 Å². The van der Waals surface area contributed by atoms with Crippen molar-refractivity contribution >= 4 is 28.1 Å². The Bertz CT molecular complexity index is 531. The molecule has 0 saturated carbocycles. The monoisotopic (exact) mass is 251 g/mol. The Balaban J connectivity index is 2.06. The van der Waals surface area contributed by atoms with Crippen molar-refractivity contribution in [3.05, 3.63) is 23.0 Å². The van der Waals surface area contributed by atoms with Gasteiger partial charge in [0, 0.05) is 11.6 Å². The van der Waals surface area contributed by atoms with Crippen LogP contribution in [-0.4, -0.2) is 20.7 Å². The zero-order valence-corrected chi connectivity index (χ0v) is 10.4. The molecular formula is C10H13N5OS. The highest BCUT2D eigenvalue weighted by atomic mass is 32.1. The summed E-state index contributed by atoms with van der Waals surface area (Å²) >= 11 is 1.38. The lowest BCUT2D eigenvalue weighted by Gasteiger charge is -2.04. The molecule has 0 bridgehead atoms. The lowest BCUT2D eigenvalue weighted by Crippen LogP contribution is -2.20. The SMILES string of the molecule is Cc1nn(CC(=O)Nc2nccs2)c(C)c1N. The Labute approximate surface area is 102 Å². The highest BCUT2D eigenvalue weighted by Crippen LogP contribution is 2.15. The molecule has 0 aromatic carbocycles. The molecule has 0 atom stereocenters. The summed E-state index contributed by atoms with van der Waals surface area (Å²) in [7, 11) is 0. The van der Waals surface area contributed by atoms with E-state index in [1.165, 1.54) is 11.3 Å². The van der Waals surface area contributed by atoms with Crippen molar-refractivity contribution < 1.29 is 4.79 Å². The second kappa shape index (κ2) is 4.54. The van der Waals surface area contributed by atoms with Crippen LogP contribution in [-0.2, 0) is 11.3 Å². The average Bonchev–Trinajstić information content (AvgIpc) is 2.85. The van der Waals surface area contributed by atoms with Crippen LogP contribution < -0.4 is 11.1 Å². The van der Waals surface area contributed by atoms with Crippen LogP contribution in [0.25, 0.3) is 0 Å². The molecule has 17 heavy (non-hydrogen) atoms. The first-order valence-electron chi connectivity index (χ1n) is 5.06. The van der Waals surface area contributed by atoms with Gasteiger partial charge >= 0.3 is 0 Å². The molecule has 2 rings (SSSR count). The summed E-state index contributed by atoms with van der Waals surface area (Å²) in [4.78, 5) is 15.7. The Morgan fingerprint density at radius 3 is 2.88 bits per heavy atom. The molecule has 0 radical (unpaired) electrons. The van der Waals surface area contributed by atoms with Gasteiger partial charge in [-0.2, -0.15) is 5.10 Å². The molecule has 90 valence electrons. The van der Waals surface area contributed by atoms with Gasteiger partial charge in [0.1, 0.15) is 6.54 Å². The van der Waals surface area contributed by atoms with E-state index in [9.17, 15) is 4.79 Å². The van der Waals surface area contributed by atoms with Crippen molar-refractivity contribution in [2.75, 3.05) is 11.1 Å². The second-order valence-electron chi connectivity index (χ2n) is 3.63. The smallest absolute Gasteiger partial charge is 0.247 e. The lowest BCUT2D eigenvalue weighted by molar-refractivity contribution is -0.116. The summed E-state index contributed by atoms with van der Waals surface area (Å²) in [6, 6.07) is 0. The molecule has 0 fully saturated rings. The van der Waals surface area contributed by atoms with E-state index in [-0.39, 0.29) is 12.5 Å². The normalized spacial score (nSPS) is 10.5. The molecule has 2 heterocycles. The first-order chi connectivity index (χ1) is 8.08. The van der Waals surface area contributed by atoms with E-state index < -0.39 is 0 Å². The lowest BCUT2D eigenvalue weighted by atomic mass is 10.3. The minimum Gasteiger partial charge on any atom is -0.396 e. The van der Waals surface area contributed by atoms with Crippen molar-refractivity contribution in [1.29, 1.82) is 0 Å². The van der Waals surface area contributed by atoms with E-state index in [1.807, 2.05) is 13.8 Å². The maximum atomic E-state index is 11.7. The number of nitrogen functional groups attached to an aromatic ring is 1. The highest BCUT2D eigenvalue weighted by molar-refractivity contribution is 7.13. The van der Waals surface area contributed by atoms with Crippen LogP contribution in [0.15, 0.2) is 11.6 Å². The summed E-state index contributed by atoms with van der Waals surface area (Å²) in [5.41, 5.74) is 7.96. The number of nitrogens with one attached hydrogen (secondary N) is 1. The highest BCUT2D eigenvalue weighted by Gasteiger charge is 2.11. The van der Waals surface area contributed by atoms with Gasteiger partial charge in [0.05, 0.1) is 17.1 Å². The van der Waals surface area contributed by atoms with Gasteiger partial charge in [-0.1, -0.05) is 0 Å². The number of rotatable bonds is 3. The van der Waals surface area contributed by atoms with Crippen LogP contribution in [0, 0.1) is 13.8 Å². The number of hydrogen-bond acceptors (Lipinski definition) is 5. The first-order valence-corrected chi connectivity index (χ1v) is 5.94. The van der Waals surface area contributed by atoms with Crippen LogP contribution in [0.1, 0.15) is 11.4 Å². The Morgan fingerprint density at radius 2 is 2.35 bits per heavy atom. The van der Waals surface area contributed by atoms with E-state index >= 15 is 0 Å². The van der Waals surface area contributed by atoms with Crippen LogP contribution >= 0.6 is 11.3 Å². The van der Waals surface area contributed by atoms with E-state index in [2.05, 4.69) is 15.4 Å². The van der Waals surface area contributed by atoms with Gasteiger partial charge in [-0.25, -0.2) is 4.98 Å². The zero-order valence-electron chi connectivity index (χ0n) is 9.60. The standard InChI is InChI=1S/C10H13N5OS/c1-6-9(11)7(2)15(14-6)5-8(16)13-10-12-3-4-17-10/h3-4H,5,11H2,1-2H3,(H,12,13,16). The minimum absolute atomic E-state index is 0.142. The van der Waals surface area contributed by atoms with Crippen molar-refractivity contribution in [1.82, 2.24) is 14.8 Å². The third kappa shape index (κ3) is 2.44. The number of anilines is 2. The Kier molecular flexibility index (Phi) is 3.10. The van der Waals surface area contributed by atoms with Crippen LogP contribution in [0.4, 0.5) is 10.8 Å².